The molecule has 174 valence electrons. The molecule has 10 heteroatoms. The summed E-state index contributed by atoms with van der Waals surface area (Å²) in [5.41, 5.74) is 14.5. The van der Waals surface area contributed by atoms with Gasteiger partial charge in [-0.05, 0) is 48.5 Å². The molecule has 0 unspecified atom stereocenters. The Labute approximate surface area is 204 Å². The molecule has 0 bridgehead atoms. The van der Waals surface area contributed by atoms with Crippen molar-refractivity contribution in [1.29, 1.82) is 0 Å². The fraction of sp³-hybridized carbons (Fsp3) is 0.0400. The first-order valence-corrected chi connectivity index (χ1v) is 10.9. The number of fused-ring (bicyclic) bond motifs is 3. The molecule has 2 heterocycles. The van der Waals surface area contributed by atoms with Gasteiger partial charge in [0.1, 0.15) is 11.6 Å². The first-order valence-electron chi connectivity index (χ1n) is 10.5. The molecular formula is C25H18ClF2N7. The maximum Gasteiger partial charge on any atom is 0.227 e. The molecule has 7 nitrogen and oxygen atoms in total. The van der Waals surface area contributed by atoms with Crippen molar-refractivity contribution in [1.82, 2.24) is 9.97 Å². The molecule has 5 N–H and O–H groups in total. The largest absolute Gasteiger partial charge is 0.370 e. The van der Waals surface area contributed by atoms with Gasteiger partial charge in [0.15, 0.2) is 5.96 Å². The van der Waals surface area contributed by atoms with Crippen LogP contribution in [0.4, 0.5) is 26.1 Å². The van der Waals surface area contributed by atoms with Crippen molar-refractivity contribution < 1.29 is 8.78 Å². The number of guanidine groups is 1. The summed E-state index contributed by atoms with van der Waals surface area (Å²) in [4.78, 5) is 17.6. The van der Waals surface area contributed by atoms with Crippen molar-refractivity contribution in [3.05, 3.63) is 100 Å². The summed E-state index contributed by atoms with van der Waals surface area (Å²) in [7, 11) is 0. The van der Waals surface area contributed by atoms with E-state index in [1.54, 1.807) is 48.7 Å². The zero-order valence-electron chi connectivity index (χ0n) is 18.1. The van der Waals surface area contributed by atoms with Crippen molar-refractivity contribution in [3.63, 3.8) is 0 Å². The summed E-state index contributed by atoms with van der Waals surface area (Å²) in [5.74, 6) is -1.12. The van der Waals surface area contributed by atoms with Crippen molar-refractivity contribution >= 4 is 40.6 Å². The van der Waals surface area contributed by atoms with Gasteiger partial charge in [0.05, 0.1) is 29.2 Å². The van der Waals surface area contributed by atoms with Crippen LogP contribution in [0.15, 0.2) is 76.8 Å². The van der Waals surface area contributed by atoms with Crippen molar-refractivity contribution in [2.45, 2.75) is 6.54 Å². The van der Waals surface area contributed by atoms with Crippen LogP contribution in [0.2, 0.25) is 5.02 Å². The molecule has 1 aliphatic heterocycles. The number of nitrogens with two attached hydrogens (primary N) is 2. The number of aliphatic imine (C=N–C) groups is 2. The van der Waals surface area contributed by atoms with Gasteiger partial charge in [-0.15, -0.1) is 0 Å². The van der Waals surface area contributed by atoms with Crippen LogP contribution in [-0.4, -0.2) is 21.6 Å². The quantitative estimate of drug-likeness (QED) is 0.273. The molecule has 3 aromatic carbocycles. The van der Waals surface area contributed by atoms with Gasteiger partial charge in [-0.25, -0.2) is 23.7 Å². The molecule has 5 rings (SSSR count). The summed E-state index contributed by atoms with van der Waals surface area (Å²) in [5, 5.41) is 3.55. The smallest absolute Gasteiger partial charge is 0.227 e. The van der Waals surface area contributed by atoms with Crippen LogP contribution in [-0.2, 0) is 6.54 Å². The predicted molar refractivity (Wildman–Crippen MR) is 133 cm³/mol. The van der Waals surface area contributed by atoms with Crippen LogP contribution >= 0.6 is 11.6 Å². The average Bonchev–Trinajstić information content (AvgIpc) is 2.97. The second-order valence-electron chi connectivity index (χ2n) is 7.73. The van der Waals surface area contributed by atoms with Gasteiger partial charge < -0.3 is 16.8 Å². The minimum atomic E-state index is -0.710. The van der Waals surface area contributed by atoms with Gasteiger partial charge in [0, 0.05) is 33.6 Å². The second kappa shape index (κ2) is 9.11. The topological polar surface area (TPSA) is 115 Å². The molecule has 35 heavy (non-hydrogen) atoms. The van der Waals surface area contributed by atoms with Crippen LogP contribution in [0.1, 0.15) is 16.7 Å². The number of aromatic nitrogens is 2. The molecular weight excluding hydrogens is 472 g/mol. The predicted octanol–water partition coefficient (Wildman–Crippen LogP) is 5.07. The fourth-order valence-electron chi connectivity index (χ4n) is 3.82. The number of hydrogen-bond acceptors (Lipinski definition) is 5. The maximum atomic E-state index is 14.7. The molecule has 4 aromatic rings. The minimum Gasteiger partial charge on any atom is -0.370 e. The highest BCUT2D eigenvalue weighted by Gasteiger charge is 2.25. The van der Waals surface area contributed by atoms with E-state index in [4.69, 9.17) is 23.1 Å². The van der Waals surface area contributed by atoms with E-state index in [1.165, 1.54) is 18.2 Å². The maximum absolute atomic E-state index is 14.7. The zero-order chi connectivity index (χ0) is 24.5. The fourth-order valence-corrected chi connectivity index (χ4v) is 3.99. The van der Waals surface area contributed by atoms with E-state index in [9.17, 15) is 8.78 Å². The van der Waals surface area contributed by atoms with Gasteiger partial charge >= 0.3 is 0 Å². The molecule has 0 amide bonds. The Morgan fingerprint density at radius 2 is 1.71 bits per heavy atom. The third kappa shape index (κ3) is 4.53. The monoisotopic (exact) mass is 489 g/mol. The molecule has 0 fully saturated rings. The lowest BCUT2D eigenvalue weighted by molar-refractivity contribution is 0.579. The number of nitrogens with zero attached hydrogens (tertiary/aromatic N) is 4. The third-order valence-corrected chi connectivity index (χ3v) is 5.58. The Morgan fingerprint density at radius 1 is 0.971 bits per heavy atom. The summed E-state index contributed by atoms with van der Waals surface area (Å²) >= 11 is 6.26. The van der Waals surface area contributed by atoms with E-state index in [2.05, 4.69) is 25.3 Å². The van der Waals surface area contributed by atoms with E-state index in [0.29, 0.717) is 39.0 Å². The highest BCUT2D eigenvalue weighted by atomic mass is 35.5. The summed E-state index contributed by atoms with van der Waals surface area (Å²) in [6.07, 6.45) is 1.64. The number of benzene rings is 3. The highest BCUT2D eigenvalue weighted by Crippen LogP contribution is 2.34. The third-order valence-electron chi connectivity index (χ3n) is 5.35. The van der Waals surface area contributed by atoms with E-state index >= 15 is 0 Å². The number of rotatable bonds is 4. The molecule has 0 atom stereocenters. The van der Waals surface area contributed by atoms with Crippen LogP contribution in [0.5, 0.6) is 0 Å². The summed E-state index contributed by atoms with van der Waals surface area (Å²) in [6, 6.07) is 15.9. The van der Waals surface area contributed by atoms with Gasteiger partial charge in [-0.2, -0.15) is 0 Å². The molecule has 0 saturated carbocycles. The molecule has 1 aliphatic rings. The van der Waals surface area contributed by atoms with Gasteiger partial charge in [-0.1, -0.05) is 23.7 Å². The minimum absolute atomic E-state index is 0.0320. The highest BCUT2D eigenvalue weighted by molar-refractivity contribution is 6.31. The van der Waals surface area contributed by atoms with Crippen LogP contribution in [0.3, 0.4) is 0 Å². The Hall–Kier alpha value is -4.37. The number of hydrogen-bond donors (Lipinski definition) is 3. The SMILES string of the molecule is NC(N)=Nc1ccc(Nc2ncc3c(n2)-c2ccc(Cl)cc2C(c2c(F)cccc2F)=NC3)cc1. The summed E-state index contributed by atoms with van der Waals surface area (Å²) in [6.45, 7) is 0.137. The Balaban J connectivity index is 1.56. The first kappa shape index (κ1) is 22.4. The lowest BCUT2D eigenvalue weighted by atomic mass is 9.95. The Bertz CT molecular complexity index is 1480. The van der Waals surface area contributed by atoms with E-state index in [0.717, 1.165) is 5.69 Å². The Kier molecular flexibility index (Phi) is 5.84. The van der Waals surface area contributed by atoms with Gasteiger partial charge in [-0.3, -0.25) is 4.99 Å². The lowest BCUT2D eigenvalue weighted by Crippen LogP contribution is -2.21. The molecule has 0 aliphatic carbocycles. The molecule has 0 spiro atoms. The number of halogens is 3. The molecule has 0 radical (unpaired) electrons. The van der Waals surface area contributed by atoms with E-state index in [-0.39, 0.29) is 23.8 Å². The van der Waals surface area contributed by atoms with Crippen molar-refractivity contribution in [2.75, 3.05) is 5.32 Å². The van der Waals surface area contributed by atoms with Gasteiger partial charge in [0.2, 0.25) is 5.95 Å². The average molecular weight is 490 g/mol. The summed E-state index contributed by atoms with van der Waals surface area (Å²) < 4.78 is 29.4. The van der Waals surface area contributed by atoms with Gasteiger partial charge in [0.25, 0.3) is 0 Å². The zero-order valence-corrected chi connectivity index (χ0v) is 18.9. The first-order chi connectivity index (χ1) is 16.9. The lowest BCUT2D eigenvalue weighted by Gasteiger charge is -2.13. The van der Waals surface area contributed by atoms with Crippen molar-refractivity contribution in [3.8, 4) is 11.3 Å². The standard InChI is InChI=1S/C25H18ClF2N7/c26-14-4-9-17-18(10-14)23(21-19(27)2-1-3-20(21)28)31-11-13-12-32-25(35-22(13)17)34-16-7-5-15(6-8-16)33-24(29)30/h1-10,12H,11H2,(H4,29,30,33)(H,32,34,35). The number of nitrogens with one attached hydrogen (secondary N) is 1. The van der Waals surface area contributed by atoms with Crippen LogP contribution < -0.4 is 16.8 Å². The number of anilines is 2. The molecule has 0 saturated heterocycles. The van der Waals surface area contributed by atoms with Crippen LogP contribution in [0, 0.1) is 11.6 Å². The van der Waals surface area contributed by atoms with Crippen molar-refractivity contribution in [2.24, 2.45) is 21.5 Å². The Morgan fingerprint density at radius 3 is 2.43 bits per heavy atom. The van der Waals surface area contributed by atoms with E-state index in [1.807, 2.05) is 0 Å². The normalized spacial score (nSPS) is 12.1. The van der Waals surface area contributed by atoms with E-state index < -0.39 is 11.6 Å². The molecule has 1 aromatic heterocycles. The van der Waals surface area contributed by atoms with Crippen LogP contribution in [0.25, 0.3) is 11.3 Å². The second-order valence-corrected chi connectivity index (χ2v) is 8.16.